The van der Waals surface area contributed by atoms with Gasteiger partial charge in [-0.1, -0.05) is 23.4 Å². The molecule has 0 amide bonds. The molecule has 1 aromatic carbocycles. The molecule has 108 valence electrons. The molecule has 21 heavy (non-hydrogen) atoms. The number of aromatic nitrogens is 5. The van der Waals surface area contributed by atoms with E-state index in [9.17, 15) is 0 Å². The van der Waals surface area contributed by atoms with Crippen LogP contribution in [0.3, 0.4) is 0 Å². The highest BCUT2D eigenvalue weighted by atomic mass is 15.4. The fourth-order valence-corrected chi connectivity index (χ4v) is 2.69. The lowest BCUT2D eigenvalue weighted by molar-refractivity contribution is 0.708. The summed E-state index contributed by atoms with van der Waals surface area (Å²) >= 11 is 0. The van der Waals surface area contributed by atoms with Crippen LogP contribution in [0.25, 0.3) is 0 Å². The van der Waals surface area contributed by atoms with Crippen LogP contribution in [0.15, 0.2) is 36.9 Å². The fourth-order valence-electron chi connectivity index (χ4n) is 2.69. The Kier molecular flexibility index (Phi) is 3.56. The van der Waals surface area contributed by atoms with Crippen LogP contribution in [0.5, 0.6) is 0 Å². The van der Waals surface area contributed by atoms with Crippen molar-refractivity contribution in [3.63, 3.8) is 0 Å². The van der Waals surface area contributed by atoms with Crippen molar-refractivity contribution in [2.75, 3.05) is 0 Å². The first-order valence-electron chi connectivity index (χ1n) is 7.04. The average Bonchev–Trinajstić information content (AvgIpc) is 3.11. The minimum atomic E-state index is 0.212. The van der Waals surface area contributed by atoms with Crippen LogP contribution in [-0.2, 0) is 13.5 Å². The van der Waals surface area contributed by atoms with Gasteiger partial charge in [0.15, 0.2) is 0 Å². The van der Waals surface area contributed by atoms with E-state index in [1.165, 1.54) is 16.7 Å². The molecular formula is C16H19N5. The van der Waals surface area contributed by atoms with E-state index in [0.717, 1.165) is 17.8 Å². The molecule has 0 saturated carbocycles. The number of rotatable bonds is 4. The molecule has 0 spiro atoms. The van der Waals surface area contributed by atoms with E-state index in [4.69, 9.17) is 0 Å². The van der Waals surface area contributed by atoms with Gasteiger partial charge >= 0.3 is 0 Å². The predicted octanol–water partition coefficient (Wildman–Crippen LogP) is 2.53. The van der Waals surface area contributed by atoms with Gasteiger partial charge in [-0.15, -0.1) is 5.10 Å². The van der Waals surface area contributed by atoms with Gasteiger partial charge in [-0.25, -0.2) is 4.98 Å². The van der Waals surface area contributed by atoms with Gasteiger partial charge in [-0.2, -0.15) is 0 Å². The number of nitrogens with one attached hydrogen (secondary N) is 1. The van der Waals surface area contributed by atoms with Gasteiger partial charge in [-0.05, 0) is 30.5 Å². The van der Waals surface area contributed by atoms with E-state index in [0.29, 0.717) is 0 Å². The fraction of sp³-hybridized carbons (Fsp3) is 0.312. The van der Waals surface area contributed by atoms with E-state index in [1.807, 2.05) is 19.4 Å². The number of hydrogen-bond donors (Lipinski definition) is 1. The number of imidazole rings is 1. The molecule has 0 fully saturated rings. The van der Waals surface area contributed by atoms with Gasteiger partial charge in [0.2, 0.25) is 0 Å². The molecule has 1 atom stereocenters. The summed E-state index contributed by atoms with van der Waals surface area (Å²) in [4.78, 5) is 7.41. The van der Waals surface area contributed by atoms with Crippen molar-refractivity contribution in [1.82, 2.24) is 25.0 Å². The third-order valence-electron chi connectivity index (χ3n) is 3.98. The Morgan fingerprint density at radius 1 is 1.29 bits per heavy atom. The van der Waals surface area contributed by atoms with E-state index >= 15 is 0 Å². The monoisotopic (exact) mass is 281 g/mol. The summed E-state index contributed by atoms with van der Waals surface area (Å²) in [6.45, 7) is 4.32. The average molecular weight is 281 g/mol. The molecular weight excluding hydrogens is 262 g/mol. The lowest BCUT2D eigenvalue weighted by Gasteiger charge is -2.18. The third-order valence-corrected chi connectivity index (χ3v) is 3.98. The molecule has 0 unspecified atom stereocenters. The maximum atomic E-state index is 4.22. The van der Waals surface area contributed by atoms with Crippen LogP contribution in [0, 0.1) is 13.8 Å². The van der Waals surface area contributed by atoms with Gasteiger partial charge < -0.3 is 4.98 Å². The number of H-pyrrole nitrogens is 1. The number of hydrogen-bond acceptors (Lipinski definition) is 3. The number of benzene rings is 1. The SMILES string of the molecule is Cc1cccc([C@H](Cc2cn(C)nn2)c2cnc[nH]2)c1C. The Labute approximate surface area is 124 Å². The summed E-state index contributed by atoms with van der Waals surface area (Å²) in [5.74, 6) is 0.212. The first-order chi connectivity index (χ1) is 10.1. The highest BCUT2D eigenvalue weighted by Crippen LogP contribution is 2.30. The van der Waals surface area contributed by atoms with Crippen LogP contribution < -0.4 is 0 Å². The maximum Gasteiger partial charge on any atom is 0.0921 e. The van der Waals surface area contributed by atoms with Crippen molar-refractivity contribution in [1.29, 1.82) is 0 Å². The first-order valence-corrected chi connectivity index (χ1v) is 7.04. The first kappa shape index (κ1) is 13.5. The minimum absolute atomic E-state index is 0.212. The zero-order valence-electron chi connectivity index (χ0n) is 12.5. The Bertz CT molecular complexity index is 727. The molecule has 5 nitrogen and oxygen atoms in total. The number of nitrogens with zero attached hydrogens (tertiary/aromatic N) is 4. The van der Waals surface area contributed by atoms with Gasteiger partial charge in [0.25, 0.3) is 0 Å². The van der Waals surface area contributed by atoms with E-state index in [1.54, 1.807) is 11.0 Å². The molecule has 2 aromatic heterocycles. The van der Waals surface area contributed by atoms with Gasteiger partial charge in [0.05, 0.1) is 12.0 Å². The van der Waals surface area contributed by atoms with E-state index in [2.05, 4.69) is 52.3 Å². The smallest absolute Gasteiger partial charge is 0.0921 e. The van der Waals surface area contributed by atoms with Gasteiger partial charge in [0, 0.05) is 37.5 Å². The van der Waals surface area contributed by atoms with Crippen molar-refractivity contribution in [3.05, 3.63) is 65.0 Å². The van der Waals surface area contributed by atoms with Crippen molar-refractivity contribution in [2.24, 2.45) is 7.05 Å². The quantitative estimate of drug-likeness (QED) is 0.799. The summed E-state index contributed by atoms with van der Waals surface area (Å²) in [6, 6.07) is 6.44. The molecule has 0 aliphatic rings. The van der Waals surface area contributed by atoms with E-state index in [-0.39, 0.29) is 5.92 Å². The number of aryl methyl sites for hydroxylation is 2. The molecule has 0 radical (unpaired) electrons. The standard InChI is InChI=1S/C16H19N5/c1-11-5-4-6-14(12(11)2)15(16-8-17-10-18-16)7-13-9-21(3)20-19-13/h4-6,8-10,15H,7H2,1-3H3,(H,17,18)/t15-/m0/s1. The van der Waals surface area contributed by atoms with Crippen LogP contribution in [0.2, 0.25) is 0 Å². The second-order valence-corrected chi connectivity index (χ2v) is 5.44. The molecule has 0 bridgehead atoms. The second kappa shape index (κ2) is 5.52. The molecule has 3 aromatic rings. The topological polar surface area (TPSA) is 59.4 Å². The van der Waals surface area contributed by atoms with Crippen LogP contribution >= 0.6 is 0 Å². The molecule has 0 saturated heterocycles. The zero-order valence-corrected chi connectivity index (χ0v) is 12.5. The summed E-state index contributed by atoms with van der Waals surface area (Å²) in [7, 11) is 1.89. The van der Waals surface area contributed by atoms with Gasteiger partial charge in [0.1, 0.15) is 0 Å². The second-order valence-electron chi connectivity index (χ2n) is 5.44. The summed E-state index contributed by atoms with van der Waals surface area (Å²) in [5, 5.41) is 8.25. The Hall–Kier alpha value is -2.43. The largest absolute Gasteiger partial charge is 0.348 e. The Morgan fingerprint density at radius 3 is 2.81 bits per heavy atom. The molecule has 0 aliphatic carbocycles. The highest BCUT2D eigenvalue weighted by Gasteiger charge is 2.20. The van der Waals surface area contributed by atoms with Crippen molar-refractivity contribution < 1.29 is 0 Å². The normalized spacial score (nSPS) is 12.5. The number of aromatic amines is 1. The molecule has 5 heteroatoms. The lowest BCUT2D eigenvalue weighted by Crippen LogP contribution is -2.08. The molecule has 1 N–H and O–H groups in total. The molecule has 0 aliphatic heterocycles. The maximum absolute atomic E-state index is 4.22. The van der Waals surface area contributed by atoms with Crippen LogP contribution in [0.1, 0.15) is 34.0 Å². The van der Waals surface area contributed by atoms with Crippen molar-refractivity contribution >= 4 is 0 Å². The Morgan fingerprint density at radius 2 is 2.14 bits per heavy atom. The summed E-state index contributed by atoms with van der Waals surface area (Å²) in [6.07, 6.45) is 6.39. The summed E-state index contributed by atoms with van der Waals surface area (Å²) < 4.78 is 1.74. The zero-order chi connectivity index (χ0) is 14.8. The van der Waals surface area contributed by atoms with Crippen LogP contribution in [-0.4, -0.2) is 25.0 Å². The molecule has 2 heterocycles. The summed E-state index contributed by atoms with van der Waals surface area (Å²) in [5.41, 5.74) is 6.02. The predicted molar refractivity (Wildman–Crippen MR) is 81.1 cm³/mol. The minimum Gasteiger partial charge on any atom is -0.348 e. The Balaban J connectivity index is 2.02. The van der Waals surface area contributed by atoms with Crippen molar-refractivity contribution in [3.8, 4) is 0 Å². The van der Waals surface area contributed by atoms with Gasteiger partial charge in [-0.3, -0.25) is 4.68 Å². The highest BCUT2D eigenvalue weighted by molar-refractivity contribution is 5.39. The third kappa shape index (κ3) is 2.72. The lowest BCUT2D eigenvalue weighted by atomic mass is 9.87. The molecule has 3 rings (SSSR count). The van der Waals surface area contributed by atoms with Crippen LogP contribution in [0.4, 0.5) is 0 Å². The van der Waals surface area contributed by atoms with E-state index < -0.39 is 0 Å². The van der Waals surface area contributed by atoms with Crippen molar-refractivity contribution in [2.45, 2.75) is 26.2 Å².